The number of halogens is 1. The van der Waals surface area contributed by atoms with E-state index in [4.69, 9.17) is 10.5 Å². The van der Waals surface area contributed by atoms with Crippen molar-refractivity contribution >= 4 is 31.4 Å². The Hall–Kier alpha value is -2.16. The molecular weight excluding hydrogens is 355 g/mol. The van der Waals surface area contributed by atoms with E-state index in [2.05, 4.69) is 15.6 Å². The number of methoxy groups -OCH3 is 1. The Labute approximate surface area is 155 Å². The Kier molecular flexibility index (Phi) is 6.40. The molecule has 0 saturated carbocycles. The van der Waals surface area contributed by atoms with Crippen molar-refractivity contribution in [3.8, 4) is 5.75 Å². The number of nitrogens with one attached hydrogen (secondary N) is 2. The van der Waals surface area contributed by atoms with E-state index in [1.807, 2.05) is 41.5 Å². The molecule has 1 rings (SSSR count). The quantitative estimate of drug-likeness (QED) is 0.535. The topological polar surface area (TPSA) is 106 Å². The van der Waals surface area contributed by atoms with Crippen molar-refractivity contribution in [1.82, 2.24) is 10.3 Å². The zero-order valence-electron chi connectivity index (χ0n) is 16.5. The Morgan fingerprint density at radius 2 is 1.77 bits per heavy atom. The van der Waals surface area contributed by atoms with Crippen molar-refractivity contribution < 1.29 is 18.4 Å². The molecule has 26 heavy (non-hydrogen) atoms. The van der Waals surface area contributed by atoms with Crippen molar-refractivity contribution in [2.75, 3.05) is 19.0 Å². The average Bonchev–Trinajstić information content (AvgIpc) is 2.49. The van der Waals surface area contributed by atoms with Crippen LogP contribution in [0.15, 0.2) is 12.3 Å². The minimum Gasteiger partial charge on any atom is -0.497 e. The van der Waals surface area contributed by atoms with Crippen LogP contribution in [0.2, 0.25) is 10.1 Å². The number of nitrogens with zero attached hydrogens (tertiary/aromatic N) is 1. The first-order chi connectivity index (χ1) is 11.7. The van der Waals surface area contributed by atoms with Gasteiger partial charge in [-0.15, -0.1) is 0 Å². The maximum atomic E-state index is 16.5. The van der Waals surface area contributed by atoms with Crippen LogP contribution in [0.3, 0.4) is 0 Å². The number of carbonyl (C=O) groups excluding carboxylic acids is 2. The van der Waals surface area contributed by atoms with Gasteiger partial charge in [-0.05, 0) is 10.1 Å². The number of nitrogens with two attached hydrogens (primary N) is 1. The highest BCUT2D eigenvalue weighted by Crippen LogP contribution is 2.52. The van der Waals surface area contributed by atoms with Gasteiger partial charge in [0.1, 0.15) is 11.6 Å². The third-order valence-corrected chi connectivity index (χ3v) is 9.44. The molecule has 4 N–H and O–H groups in total. The normalized spacial score (nSPS) is 12.5. The fourth-order valence-electron chi connectivity index (χ4n) is 3.19. The van der Waals surface area contributed by atoms with E-state index in [0.717, 1.165) is 0 Å². The van der Waals surface area contributed by atoms with Crippen molar-refractivity contribution in [2.24, 2.45) is 5.73 Å². The predicted molar refractivity (Wildman–Crippen MR) is 103 cm³/mol. The molecule has 0 radical (unpaired) electrons. The number of hydrogen-bond donors (Lipinski definition) is 3. The second-order valence-electron chi connectivity index (χ2n) is 8.20. The molecule has 0 aliphatic heterocycles. The Balaban J connectivity index is 3.27. The molecule has 1 heterocycles. The van der Waals surface area contributed by atoms with Crippen LogP contribution in [0.25, 0.3) is 0 Å². The third-order valence-electron chi connectivity index (χ3n) is 4.19. The van der Waals surface area contributed by atoms with Crippen molar-refractivity contribution in [3.05, 3.63) is 12.3 Å². The minimum absolute atomic E-state index is 0.187. The van der Waals surface area contributed by atoms with Gasteiger partial charge < -0.3 is 19.9 Å². The highest BCUT2D eigenvalue weighted by atomic mass is 28.4. The second-order valence-corrected chi connectivity index (χ2v) is 13.1. The number of hydrogen-bond acceptors (Lipinski definition) is 4. The van der Waals surface area contributed by atoms with Gasteiger partial charge in [0, 0.05) is 17.4 Å². The number of rotatable bonds is 5. The molecule has 3 amide bonds. The molecule has 0 aromatic carbocycles. The number of urea groups is 1. The van der Waals surface area contributed by atoms with Crippen LogP contribution >= 0.6 is 0 Å². The van der Waals surface area contributed by atoms with E-state index < -0.39 is 30.4 Å². The summed E-state index contributed by atoms with van der Waals surface area (Å²) >= 11 is 0. The monoisotopic (exact) mass is 384 g/mol. The fourth-order valence-corrected chi connectivity index (χ4v) is 7.82. The summed E-state index contributed by atoms with van der Waals surface area (Å²) in [6.45, 7) is 11.0. The van der Waals surface area contributed by atoms with Gasteiger partial charge in [0.2, 0.25) is 5.91 Å². The smallest absolute Gasteiger partial charge is 0.320 e. The minimum atomic E-state index is -3.56. The standard InChI is InChI=1S/C17H29FN4O3Si/c1-16(2,3)26(18,17(4,5)6)12-9-20-14(8-11(12)25-7)22-15(24)21-10-13(19)23/h8-9H,10H2,1-7H3,(H2,19,23)(H2,20,21,22,24). The largest absolute Gasteiger partial charge is 0.497 e. The van der Waals surface area contributed by atoms with Gasteiger partial charge in [-0.2, -0.15) is 0 Å². The van der Waals surface area contributed by atoms with Crippen LogP contribution in [0.4, 0.5) is 14.7 Å². The van der Waals surface area contributed by atoms with E-state index in [0.29, 0.717) is 10.9 Å². The summed E-state index contributed by atoms with van der Waals surface area (Å²) in [5, 5.41) is 4.03. The third kappa shape index (κ3) is 4.51. The maximum Gasteiger partial charge on any atom is 0.320 e. The van der Waals surface area contributed by atoms with Crippen LogP contribution in [0.1, 0.15) is 41.5 Å². The fraction of sp³-hybridized carbons (Fsp3) is 0.588. The lowest BCUT2D eigenvalue weighted by atomic mass is 10.2. The number of anilines is 1. The van der Waals surface area contributed by atoms with Gasteiger partial charge in [0.25, 0.3) is 8.41 Å². The molecule has 0 bridgehead atoms. The summed E-state index contributed by atoms with van der Waals surface area (Å²) in [4.78, 5) is 26.6. The molecule has 0 aliphatic rings. The molecule has 1 aromatic heterocycles. The van der Waals surface area contributed by atoms with Crippen LogP contribution in [-0.2, 0) is 4.79 Å². The first-order valence-electron chi connectivity index (χ1n) is 8.30. The maximum absolute atomic E-state index is 16.5. The molecular formula is C17H29FN4O3Si. The SMILES string of the molecule is COc1cc(NC(=O)NCC(N)=O)ncc1[Si](F)(C(C)(C)C)C(C)(C)C. The molecule has 0 atom stereocenters. The van der Waals surface area contributed by atoms with Gasteiger partial charge >= 0.3 is 6.03 Å². The van der Waals surface area contributed by atoms with Crippen molar-refractivity contribution in [1.29, 1.82) is 0 Å². The highest BCUT2D eigenvalue weighted by molar-refractivity contribution is 6.91. The Bertz CT molecular complexity index is 670. The molecule has 0 saturated heterocycles. The summed E-state index contributed by atoms with van der Waals surface area (Å²) in [6, 6.07) is 0.847. The number of pyridine rings is 1. The Morgan fingerprint density at radius 3 is 2.19 bits per heavy atom. The molecule has 9 heteroatoms. The summed E-state index contributed by atoms with van der Waals surface area (Å²) in [6.07, 6.45) is 1.44. The molecule has 0 aliphatic carbocycles. The van der Waals surface area contributed by atoms with Crippen molar-refractivity contribution in [2.45, 2.75) is 51.6 Å². The summed E-state index contributed by atoms with van der Waals surface area (Å²) in [5.41, 5.74) is 4.97. The number of primary amides is 1. The molecule has 0 unspecified atom stereocenters. The summed E-state index contributed by atoms with van der Waals surface area (Å²) < 4.78 is 21.9. The summed E-state index contributed by atoms with van der Waals surface area (Å²) in [7, 11) is -2.11. The van der Waals surface area contributed by atoms with Crippen LogP contribution in [0.5, 0.6) is 5.75 Å². The predicted octanol–water partition coefficient (Wildman–Crippen LogP) is 2.42. The lowest BCUT2D eigenvalue weighted by Gasteiger charge is -2.45. The Morgan fingerprint density at radius 1 is 1.23 bits per heavy atom. The second kappa shape index (κ2) is 7.61. The van der Waals surface area contributed by atoms with Gasteiger partial charge in [-0.3, -0.25) is 10.1 Å². The summed E-state index contributed by atoms with van der Waals surface area (Å²) in [5.74, 6) is -0.138. The molecule has 0 fully saturated rings. The first kappa shape index (κ1) is 21.9. The van der Waals surface area contributed by atoms with E-state index in [9.17, 15) is 9.59 Å². The van der Waals surface area contributed by atoms with Crippen molar-refractivity contribution in [3.63, 3.8) is 0 Å². The van der Waals surface area contributed by atoms with Crippen LogP contribution in [0, 0.1) is 0 Å². The van der Waals surface area contributed by atoms with Gasteiger partial charge in [0.05, 0.1) is 13.7 Å². The number of ether oxygens (including phenoxy) is 1. The lowest BCUT2D eigenvalue weighted by Crippen LogP contribution is -2.58. The zero-order chi connectivity index (χ0) is 20.3. The van der Waals surface area contributed by atoms with Crippen LogP contribution in [-0.4, -0.2) is 39.0 Å². The van der Waals surface area contributed by atoms with E-state index >= 15 is 4.11 Å². The number of aromatic nitrogens is 1. The number of amides is 3. The average molecular weight is 385 g/mol. The highest BCUT2D eigenvalue weighted by Gasteiger charge is 2.58. The van der Waals surface area contributed by atoms with Gasteiger partial charge in [-0.25, -0.2) is 9.78 Å². The zero-order valence-corrected chi connectivity index (χ0v) is 17.5. The molecule has 1 aromatic rings. The lowest BCUT2D eigenvalue weighted by molar-refractivity contribution is -0.117. The molecule has 0 spiro atoms. The van der Waals surface area contributed by atoms with E-state index in [1.165, 1.54) is 19.4 Å². The van der Waals surface area contributed by atoms with E-state index in [1.54, 1.807) is 0 Å². The van der Waals surface area contributed by atoms with E-state index in [-0.39, 0.29) is 12.4 Å². The first-order valence-corrected chi connectivity index (χ1v) is 10.2. The van der Waals surface area contributed by atoms with Crippen LogP contribution < -0.4 is 26.3 Å². The van der Waals surface area contributed by atoms with Gasteiger partial charge in [0.15, 0.2) is 0 Å². The number of carbonyl (C=O) groups is 2. The van der Waals surface area contributed by atoms with Gasteiger partial charge in [-0.1, -0.05) is 41.5 Å². The molecule has 7 nitrogen and oxygen atoms in total. The molecule has 146 valence electrons.